The third kappa shape index (κ3) is 9.17. The zero-order valence-corrected chi connectivity index (χ0v) is 19.0. The van der Waals surface area contributed by atoms with Crippen molar-refractivity contribution >= 4 is 0 Å². The number of hydrogen-bond donors (Lipinski definition) is 1. The normalized spacial score (nSPS) is 11.9. The standard InChI is InChI=1S/C26H46O/c1-6-8-10-12-14-16-18-22-23(19-17-15-13-11-9-7-2)25(27)21-20-24(22)26(3,4)5/h20-21,27H,6-19H2,1-5H3. The van der Waals surface area contributed by atoms with Gasteiger partial charge in [0.1, 0.15) is 5.75 Å². The van der Waals surface area contributed by atoms with Crippen LogP contribution in [0.1, 0.15) is 128 Å². The van der Waals surface area contributed by atoms with Crippen LogP contribution in [0.3, 0.4) is 0 Å². The molecule has 1 nitrogen and oxygen atoms in total. The molecule has 0 radical (unpaired) electrons. The molecule has 0 amide bonds. The van der Waals surface area contributed by atoms with Gasteiger partial charge < -0.3 is 5.11 Å². The molecule has 0 bridgehead atoms. The van der Waals surface area contributed by atoms with Gasteiger partial charge in [0.25, 0.3) is 0 Å². The van der Waals surface area contributed by atoms with Crippen molar-refractivity contribution in [2.24, 2.45) is 0 Å². The lowest BCUT2D eigenvalue weighted by atomic mass is 9.79. The minimum Gasteiger partial charge on any atom is -0.508 e. The van der Waals surface area contributed by atoms with Crippen LogP contribution < -0.4 is 0 Å². The van der Waals surface area contributed by atoms with Crippen LogP contribution >= 0.6 is 0 Å². The topological polar surface area (TPSA) is 20.2 Å². The fraction of sp³-hybridized carbons (Fsp3) is 0.769. The minimum absolute atomic E-state index is 0.140. The number of phenolic OH excluding ortho intramolecular Hbond substituents is 1. The molecule has 0 heterocycles. The van der Waals surface area contributed by atoms with Gasteiger partial charge in [-0.3, -0.25) is 0 Å². The summed E-state index contributed by atoms with van der Waals surface area (Å²) in [5, 5.41) is 10.6. The molecule has 0 saturated heterocycles. The molecular formula is C26H46O. The molecule has 1 heteroatoms. The van der Waals surface area contributed by atoms with Gasteiger partial charge in [-0.05, 0) is 53.9 Å². The highest BCUT2D eigenvalue weighted by molar-refractivity contribution is 5.47. The number of aromatic hydroxyl groups is 1. The van der Waals surface area contributed by atoms with Gasteiger partial charge in [0, 0.05) is 0 Å². The van der Waals surface area contributed by atoms with Crippen molar-refractivity contribution in [1.82, 2.24) is 0 Å². The summed E-state index contributed by atoms with van der Waals surface area (Å²) in [5.74, 6) is 0.526. The predicted octanol–water partition coefficient (Wildman–Crippen LogP) is 8.50. The van der Waals surface area contributed by atoms with Gasteiger partial charge in [-0.2, -0.15) is 0 Å². The molecule has 0 aliphatic carbocycles. The summed E-state index contributed by atoms with van der Waals surface area (Å²) >= 11 is 0. The van der Waals surface area contributed by atoms with Crippen LogP contribution in [-0.2, 0) is 18.3 Å². The smallest absolute Gasteiger partial charge is 0.119 e. The van der Waals surface area contributed by atoms with Gasteiger partial charge in [-0.25, -0.2) is 0 Å². The van der Waals surface area contributed by atoms with E-state index in [0.717, 1.165) is 12.8 Å². The maximum atomic E-state index is 10.6. The van der Waals surface area contributed by atoms with Gasteiger partial charge in [-0.15, -0.1) is 0 Å². The number of hydrogen-bond acceptors (Lipinski definition) is 1. The summed E-state index contributed by atoms with van der Waals surface area (Å²) in [6.45, 7) is 11.5. The van der Waals surface area contributed by atoms with E-state index in [1.165, 1.54) is 93.7 Å². The molecule has 27 heavy (non-hydrogen) atoms. The molecule has 1 aromatic carbocycles. The summed E-state index contributed by atoms with van der Waals surface area (Å²) in [6, 6.07) is 4.12. The highest BCUT2D eigenvalue weighted by Gasteiger charge is 2.21. The molecule has 0 aromatic heterocycles. The van der Waals surface area contributed by atoms with Crippen LogP contribution in [-0.4, -0.2) is 5.11 Å². The molecular weight excluding hydrogens is 328 g/mol. The second-order valence-corrected chi connectivity index (χ2v) is 9.37. The molecule has 1 aromatic rings. The van der Waals surface area contributed by atoms with E-state index in [1.807, 2.05) is 6.07 Å². The summed E-state index contributed by atoms with van der Waals surface area (Å²) in [6.07, 6.45) is 18.0. The first-order valence-electron chi connectivity index (χ1n) is 11.8. The van der Waals surface area contributed by atoms with Crippen molar-refractivity contribution in [3.8, 4) is 5.75 Å². The Kier molecular flexibility index (Phi) is 11.8. The van der Waals surface area contributed by atoms with E-state index in [-0.39, 0.29) is 5.41 Å². The average Bonchev–Trinajstić information content (AvgIpc) is 2.61. The van der Waals surface area contributed by atoms with Crippen LogP contribution in [0.15, 0.2) is 12.1 Å². The van der Waals surface area contributed by atoms with E-state index in [1.54, 1.807) is 0 Å². The van der Waals surface area contributed by atoms with Gasteiger partial charge in [0.05, 0.1) is 0 Å². The molecule has 1 N–H and O–H groups in total. The Morgan fingerprint density at radius 1 is 0.630 bits per heavy atom. The molecule has 156 valence electrons. The van der Waals surface area contributed by atoms with Crippen molar-refractivity contribution in [2.75, 3.05) is 0 Å². The fourth-order valence-electron chi connectivity index (χ4n) is 4.11. The SMILES string of the molecule is CCCCCCCCc1c(O)ccc(C(C)(C)C)c1CCCCCCCC. The molecule has 0 unspecified atom stereocenters. The Bertz CT molecular complexity index is 510. The maximum absolute atomic E-state index is 10.6. The molecule has 0 spiro atoms. The van der Waals surface area contributed by atoms with Crippen molar-refractivity contribution in [1.29, 1.82) is 0 Å². The van der Waals surface area contributed by atoms with Crippen LogP contribution in [0.25, 0.3) is 0 Å². The zero-order valence-electron chi connectivity index (χ0n) is 19.0. The largest absolute Gasteiger partial charge is 0.508 e. The highest BCUT2D eigenvalue weighted by Crippen LogP contribution is 2.35. The molecule has 1 rings (SSSR count). The Balaban J connectivity index is 2.76. The first-order valence-corrected chi connectivity index (χ1v) is 11.8. The van der Waals surface area contributed by atoms with Crippen molar-refractivity contribution in [3.05, 3.63) is 28.8 Å². The Labute approximate surface area is 170 Å². The Morgan fingerprint density at radius 2 is 1.07 bits per heavy atom. The number of unbranched alkanes of at least 4 members (excludes halogenated alkanes) is 10. The first kappa shape index (κ1) is 24.1. The Hall–Kier alpha value is -0.980. The second-order valence-electron chi connectivity index (χ2n) is 9.37. The van der Waals surface area contributed by atoms with E-state index in [2.05, 4.69) is 40.7 Å². The molecule has 0 aliphatic rings. The van der Waals surface area contributed by atoms with Crippen LogP contribution in [0, 0.1) is 0 Å². The fourth-order valence-corrected chi connectivity index (χ4v) is 4.11. The van der Waals surface area contributed by atoms with Crippen molar-refractivity contribution < 1.29 is 5.11 Å². The van der Waals surface area contributed by atoms with E-state index in [9.17, 15) is 5.11 Å². The van der Waals surface area contributed by atoms with E-state index >= 15 is 0 Å². The van der Waals surface area contributed by atoms with Gasteiger partial charge in [-0.1, -0.05) is 105 Å². The van der Waals surface area contributed by atoms with Crippen molar-refractivity contribution in [3.63, 3.8) is 0 Å². The third-order valence-corrected chi connectivity index (χ3v) is 5.78. The van der Waals surface area contributed by atoms with Crippen molar-refractivity contribution in [2.45, 2.75) is 130 Å². The zero-order chi connectivity index (χ0) is 20.1. The number of phenols is 1. The summed E-state index contributed by atoms with van der Waals surface area (Å²) < 4.78 is 0. The van der Waals surface area contributed by atoms with Crippen LogP contribution in [0.4, 0.5) is 0 Å². The summed E-state index contributed by atoms with van der Waals surface area (Å²) in [7, 11) is 0. The lowest BCUT2D eigenvalue weighted by Gasteiger charge is -2.26. The predicted molar refractivity (Wildman–Crippen MR) is 121 cm³/mol. The van der Waals surface area contributed by atoms with E-state index < -0.39 is 0 Å². The highest BCUT2D eigenvalue weighted by atomic mass is 16.3. The van der Waals surface area contributed by atoms with Gasteiger partial charge >= 0.3 is 0 Å². The van der Waals surface area contributed by atoms with E-state index in [0.29, 0.717) is 5.75 Å². The van der Waals surface area contributed by atoms with Gasteiger partial charge in [0.2, 0.25) is 0 Å². The lowest BCUT2D eigenvalue weighted by molar-refractivity contribution is 0.461. The molecule has 0 fully saturated rings. The molecule has 0 saturated carbocycles. The lowest BCUT2D eigenvalue weighted by Crippen LogP contribution is -2.16. The molecule has 0 atom stereocenters. The van der Waals surface area contributed by atoms with Crippen LogP contribution in [0.5, 0.6) is 5.75 Å². The number of rotatable bonds is 14. The number of benzene rings is 1. The summed E-state index contributed by atoms with van der Waals surface area (Å²) in [5.41, 5.74) is 4.27. The third-order valence-electron chi connectivity index (χ3n) is 5.78. The minimum atomic E-state index is 0.140. The summed E-state index contributed by atoms with van der Waals surface area (Å²) in [4.78, 5) is 0. The molecule has 0 aliphatic heterocycles. The average molecular weight is 375 g/mol. The van der Waals surface area contributed by atoms with Crippen LogP contribution in [0.2, 0.25) is 0 Å². The first-order chi connectivity index (χ1) is 12.9. The Morgan fingerprint density at radius 3 is 1.56 bits per heavy atom. The monoisotopic (exact) mass is 374 g/mol. The van der Waals surface area contributed by atoms with E-state index in [4.69, 9.17) is 0 Å². The second kappa shape index (κ2) is 13.2. The van der Waals surface area contributed by atoms with Gasteiger partial charge in [0.15, 0.2) is 0 Å². The maximum Gasteiger partial charge on any atom is 0.119 e. The quantitative estimate of drug-likeness (QED) is 0.324.